The molecule has 0 aliphatic rings. The molecule has 3 aromatic rings. The number of nitrogens with one attached hydrogen (secondary N) is 2. The van der Waals surface area contributed by atoms with Crippen LogP contribution in [0.5, 0.6) is 0 Å². The van der Waals surface area contributed by atoms with E-state index < -0.39 is 15.9 Å². The number of amides is 1. The van der Waals surface area contributed by atoms with Crippen LogP contribution in [-0.4, -0.2) is 25.9 Å². The van der Waals surface area contributed by atoms with Crippen molar-refractivity contribution in [2.75, 3.05) is 6.54 Å². The Morgan fingerprint density at radius 1 is 1.19 bits per heavy atom. The third-order valence-electron chi connectivity index (χ3n) is 3.85. The molecule has 0 aliphatic carbocycles. The van der Waals surface area contributed by atoms with Gasteiger partial charge in [0.15, 0.2) is 0 Å². The summed E-state index contributed by atoms with van der Waals surface area (Å²) in [6.45, 7) is 1.79. The van der Waals surface area contributed by atoms with E-state index in [1.165, 1.54) is 6.07 Å². The van der Waals surface area contributed by atoms with Crippen molar-refractivity contribution in [1.29, 1.82) is 0 Å². The van der Waals surface area contributed by atoms with Crippen molar-refractivity contribution < 1.29 is 13.2 Å². The third-order valence-corrected chi connectivity index (χ3v) is 5.94. The van der Waals surface area contributed by atoms with E-state index in [2.05, 4.69) is 15.0 Å². The van der Waals surface area contributed by atoms with Crippen molar-refractivity contribution in [3.05, 3.63) is 70.5 Å². The number of pyridine rings is 1. The van der Waals surface area contributed by atoms with Crippen LogP contribution in [0, 0.1) is 6.92 Å². The fraction of sp³-hybridized carbons (Fsp3) is 0.158. The van der Waals surface area contributed by atoms with Gasteiger partial charge < -0.3 is 5.32 Å². The Hall–Kier alpha value is -2.55. The minimum atomic E-state index is -3.72. The predicted octanol–water partition coefficient (Wildman–Crippen LogP) is 2.71. The van der Waals surface area contributed by atoms with Gasteiger partial charge in [-0.25, -0.2) is 13.1 Å². The molecule has 0 unspecified atom stereocenters. The first-order chi connectivity index (χ1) is 12.9. The van der Waals surface area contributed by atoms with E-state index in [0.29, 0.717) is 6.54 Å². The van der Waals surface area contributed by atoms with Crippen LogP contribution in [0.25, 0.3) is 11.3 Å². The van der Waals surface area contributed by atoms with E-state index in [-0.39, 0.29) is 11.4 Å². The number of thiophene rings is 1. The molecule has 27 heavy (non-hydrogen) atoms. The van der Waals surface area contributed by atoms with Crippen LogP contribution < -0.4 is 10.0 Å². The number of rotatable bonds is 7. The zero-order valence-corrected chi connectivity index (χ0v) is 16.3. The van der Waals surface area contributed by atoms with Gasteiger partial charge >= 0.3 is 0 Å². The first-order valence-corrected chi connectivity index (χ1v) is 10.7. The Bertz CT molecular complexity index is 1030. The summed E-state index contributed by atoms with van der Waals surface area (Å²) >= 11 is 1.59. The van der Waals surface area contributed by atoms with Crippen molar-refractivity contribution in [2.24, 2.45) is 0 Å². The highest BCUT2D eigenvalue weighted by atomic mass is 32.2. The molecular formula is C19H19N3O3S2. The zero-order chi connectivity index (χ0) is 19.3. The van der Waals surface area contributed by atoms with Crippen LogP contribution in [-0.2, 0) is 21.4 Å². The average Bonchev–Trinajstić information content (AvgIpc) is 3.20. The van der Waals surface area contributed by atoms with Crippen LogP contribution in [0.15, 0.2) is 64.3 Å². The summed E-state index contributed by atoms with van der Waals surface area (Å²) < 4.78 is 26.8. The number of aromatic nitrogens is 1. The largest absolute Gasteiger partial charge is 0.351 e. The second-order valence-electron chi connectivity index (χ2n) is 5.98. The van der Waals surface area contributed by atoms with E-state index in [4.69, 9.17) is 0 Å². The normalized spacial score (nSPS) is 11.3. The smallest absolute Gasteiger partial charge is 0.241 e. The second kappa shape index (κ2) is 8.43. The lowest BCUT2D eigenvalue weighted by atomic mass is 10.1. The Morgan fingerprint density at radius 2 is 2.04 bits per heavy atom. The molecule has 2 aromatic heterocycles. The maximum absolute atomic E-state index is 12.2. The van der Waals surface area contributed by atoms with Crippen molar-refractivity contribution >= 4 is 27.3 Å². The summed E-state index contributed by atoms with van der Waals surface area (Å²) in [5.41, 5.74) is 3.59. The number of aryl methyl sites for hydroxylation is 1. The maximum Gasteiger partial charge on any atom is 0.241 e. The highest BCUT2D eigenvalue weighted by Gasteiger charge is 2.15. The number of carbonyl (C=O) groups excluding carboxylic acids is 1. The molecular weight excluding hydrogens is 382 g/mol. The van der Waals surface area contributed by atoms with Crippen LogP contribution in [0.3, 0.4) is 0 Å². The molecule has 2 N–H and O–H groups in total. The molecule has 8 heteroatoms. The lowest BCUT2D eigenvalue weighted by Gasteiger charge is -2.09. The molecule has 0 fully saturated rings. The molecule has 0 atom stereocenters. The Balaban J connectivity index is 1.55. The number of hydrogen-bond acceptors (Lipinski definition) is 5. The highest BCUT2D eigenvalue weighted by Crippen LogP contribution is 2.20. The Labute approximate surface area is 162 Å². The summed E-state index contributed by atoms with van der Waals surface area (Å²) in [4.78, 5) is 16.5. The molecule has 0 saturated carbocycles. The van der Waals surface area contributed by atoms with E-state index in [1.54, 1.807) is 29.7 Å². The SMILES string of the molecule is Cc1cccc(S(=O)(=O)NCC(=O)NCc2ccnc(-c3ccsc3)c2)c1. The molecule has 1 amide bonds. The molecule has 0 saturated heterocycles. The lowest BCUT2D eigenvalue weighted by Crippen LogP contribution is -2.36. The number of nitrogens with zero attached hydrogens (tertiary/aromatic N) is 1. The standard InChI is InChI=1S/C19H19N3O3S2/c1-14-3-2-4-17(9-14)27(24,25)22-12-19(23)21-11-15-5-7-20-18(10-15)16-6-8-26-13-16/h2-10,13,22H,11-12H2,1H3,(H,21,23). The van der Waals surface area contributed by atoms with Crippen molar-refractivity contribution in [1.82, 2.24) is 15.0 Å². The van der Waals surface area contributed by atoms with E-state index in [1.807, 2.05) is 41.9 Å². The molecule has 1 aromatic carbocycles. The van der Waals surface area contributed by atoms with Crippen molar-refractivity contribution in [3.63, 3.8) is 0 Å². The lowest BCUT2D eigenvalue weighted by molar-refractivity contribution is -0.120. The summed E-state index contributed by atoms with van der Waals surface area (Å²) in [5.74, 6) is -0.403. The van der Waals surface area contributed by atoms with Gasteiger partial charge in [0.1, 0.15) is 0 Å². The number of benzene rings is 1. The number of sulfonamides is 1. The monoisotopic (exact) mass is 401 g/mol. The second-order valence-corrected chi connectivity index (χ2v) is 8.53. The molecule has 2 heterocycles. The summed E-state index contributed by atoms with van der Waals surface area (Å²) in [5, 5.41) is 6.70. The molecule has 0 spiro atoms. The topological polar surface area (TPSA) is 88.2 Å². The third kappa shape index (κ3) is 5.22. The summed E-state index contributed by atoms with van der Waals surface area (Å²) in [7, 11) is -3.72. The minimum Gasteiger partial charge on any atom is -0.351 e. The van der Waals surface area contributed by atoms with Crippen LogP contribution in [0.2, 0.25) is 0 Å². The molecule has 0 radical (unpaired) electrons. The molecule has 0 bridgehead atoms. The van der Waals surface area contributed by atoms with Gasteiger partial charge in [0.2, 0.25) is 15.9 Å². The molecule has 6 nitrogen and oxygen atoms in total. The van der Waals surface area contributed by atoms with Gasteiger partial charge in [-0.2, -0.15) is 11.3 Å². The fourth-order valence-electron chi connectivity index (χ4n) is 2.44. The van der Waals surface area contributed by atoms with Crippen LogP contribution in [0.4, 0.5) is 0 Å². The number of hydrogen-bond donors (Lipinski definition) is 2. The maximum atomic E-state index is 12.2. The van der Waals surface area contributed by atoms with Gasteiger partial charge in [0, 0.05) is 23.7 Å². The van der Waals surface area contributed by atoms with E-state index >= 15 is 0 Å². The fourth-order valence-corrected chi connectivity index (χ4v) is 4.18. The quantitative estimate of drug-likeness (QED) is 0.637. The van der Waals surface area contributed by atoms with Gasteiger partial charge in [-0.15, -0.1) is 0 Å². The van der Waals surface area contributed by atoms with E-state index in [0.717, 1.165) is 22.4 Å². The first kappa shape index (κ1) is 19.2. The number of carbonyl (C=O) groups is 1. The van der Waals surface area contributed by atoms with E-state index in [9.17, 15) is 13.2 Å². The Morgan fingerprint density at radius 3 is 2.78 bits per heavy atom. The van der Waals surface area contributed by atoms with Crippen LogP contribution >= 0.6 is 11.3 Å². The minimum absolute atomic E-state index is 0.143. The molecule has 0 aliphatic heterocycles. The van der Waals surface area contributed by atoms with Gasteiger partial charge in [-0.05, 0) is 53.8 Å². The van der Waals surface area contributed by atoms with Gasteiger partial charge in [0.25, 0.3) is 0 Å². The summed E-state index contributed by atoms with van der Waals surface area (Å²) in [6, 6.07) is 12.2. The zero-order valence-electron chi connectivity index (χ0n) is 14.7. The Kier molecular flexibility index (Phi) is 6.00. The highest BCUT2D eigenvalue weighted by molar-refractivity contribution is 7.89. The first-order valence-electron chi connectivity index (χ1n) is 8.24. The summed E-state index contributed by atoms with van der Waals surface area (Å²) in [6.07, 6.45) is 1.69. The molecule has 140 valence electrons. The van der Waals surface area contributed by atoms with Gasteiger partial charge in [-0.3, -0.25) is 9.78 Å². The van der Waals surface area contributed by atoms with Crippen LogP contribution in [0.1, 0.15) is 11.1 Å². The molecule has 3 rings (SSSR count). The van der Waals surface area contributed by atoms with Crippen molar-refractivity contribution in [3.8, 4) is 11.3 Å². The van der Waals surface area contributed by atoms with Gasteiger partial charge in [0.05, 0.1) is 17.1 Å². The van der Waals surface area contributed by atoms with Gasteiger partial charge in [-0.1, -0.05) is 12.1 Å². The van der Waals surface area contributed by atoms with Crippen molar-refractivity contribution in [2.45, 2.75) is 18.4 Å². The predicted molar refractivity (Wildman–Crippen MR) is 106 cm³/mol. The average molecular weight is 402 g/mol.